The highest BCUT2D eigenvalue weighted by atomic mass is 35.5. The molecule has 1 aromatic carbocycles. The third-order valence-electron chi connectivity index (χ3n) is 2.58. The number of pyridine rings is 1. The minimum Gasteiger partial charge on any atom is -0.494 e. The van der Waals surface area contributed by atoms with Crippen LogP contribution in [0.3, 0.4) is 0 Å². The van der Waals surface area contributed by atoms with Crippen LogP contribution in [0.2, 0.25) is 5.02 Å². The molecule has 0 atom stereocenters. The van der Waals surface area contributed by atoms with E-state index in [0.717, 1.165) is 5.75 Å². The summed E-state index contributed by atoms with van der Waals surface area (Å²) < 4.78 is 10.7. The molecular weight excluding hydrogens is 306 g/mol. The topological polar surface area (TPSA) is 72.5 Å². The summed E-state index contributed by atoms with van der Waals surface area (Å²) >= 11 is 5.71. The number of benzene rings is 1. The number of hydrogen-bond acceptors (Lipinski definition) is 4. The molecule has 0 radical (unpaired) electrons. The zero-order valence-corrected chi connectivity index (χ0v) is 12.8. The van der Waals surface area contributed by atoms with Gasteiger partial charge in [0.2, 0.25) is 0 Å². The molecule has 0 aliphatic carbocycles. The number of carbonyl (C=O) groups is 1. The van der Waals surface area contributed by atoms with E-state index >= 15 is 0 Å². The van der Waals surface area contributed by atoms with Crippen LogP contribution in [0, 0.1) is 0 Å². The Kier molecular flexibility index (Phi) is 5.85. The van der Waals surface area contributed by atoms with Crippen LogP contribution in [0.4, 0.5) is 10.6 Å². The minimum absolute atomic E-state index is 0.0351. The van der Waals surface area contributed by atoms with Crippen molar-refractivity contribution in [2.45, 2.75) is 6.92 Å². The maximum atomic E-state index is 11.6. The first kappa shape index (κ1) is 15.9. The van der Waals surface area contributed by atoms with E-state index in [1.165, 1.54) is 6.20 Å². The van der Waals surface area contributed by atoms with E-state index in [2.05, 4.69) is 15.6 Å². The van der Waals surface area contributed by atoms with Crippen molar-refractivity contribution in [2.24, 2.45) is 0 Å². The van der Waals surface area contributed by atoms with Crippen LogP contribution in [0.1, 0.15) is 6.92 Å². The number of nitrogens with one attached hydrogen (secondary N) is 2. The van der Waals surface area contributed by atoms with Gasteiger partial charge in [0.15, 0.2) is 6.73 Å². The fourth-order valence-electron chi connectivity index (χ4n) is 1.59. The summed E-state index contributed by atoms with van der Waals surface area (Å²) in [7, 11) is 0. The van der Waals surface area contributed by atoms with Crippen molar-refractivity contribution in [2.75, 3.05) is 18.7 Å². The highest BCUT2D eigenvalue weighted by Gasteiger charge is 2.02. The Morgan fingerprint density at radius 3 is 2.41 bits per heavy atom. The summed E-state index contributed by atoms with van der Waals surface area (Å²) in [5, 5.41) is 5.62. The van der Waals surface area contributed by atoms with Crippen molar-refractivity contribution in [1.82, 2.24) is 10.3 Å². The number of rotatable bonds is 6. The molecule has 2 rings (SSSR count). The van der Waals surface area contributed by atoms with E-state index in [4.69, 9.17) is 21.1 Å². The smallest absolute Gasteiger partial charge is 0.323 e. The zero-order chi connectivity index (χ0) is 15.8. The zero-order valence-electron chi connectivity index (χ0n) is 12.0. The Labute approximate surface area is 133 Å². The second-order valence-corrected chi connectivity index (χ2v) is 4.62. The lowest BCUT2D eigenvalue weighted by Gasteiger charge is -2.09. The Morgan fingerprint density at radius 1 is 1.14 bits per heavy atom. The molecule has 6 nitrogen and oxygen atoms in total. The van der Waals surface area contributed by atoms with Crippen LogP contribution in [0.15, 0.2) is 42.6 Å². The van der Waals surface area contributed by atoms with Crippen LogP contribution in [-0.2, 0) is 0 Å². The molecule has 2 amide bonds. The lowest BCUT2D eigenvalue weighted by molar-refractivity contribution is 0.234. The van der Waals surface area contributed by atoms with E-state index in [-0.39, 0.29) is 6.73 Å². The molecule has 116 valence electrons. The summed E-state index contributed by atoms with van der Waals surface area (Å²) in [5.74, 6) is 1.81. The maximum absolute atomic E-state index is 11.6. The average molecular weight is 322 g/mol. The summed E-state index contributed by atoms with van der Waals surface area (Å²) in [6.45, 7) is 2.57. The number of hydrogen-bond donors (Lipinski definition) is 2. The summed E-state index contributed by atoms with van der Waals surface area (Å²) in [5.41, 5.74) is 0. The monoisotopic (exact) mass is 321 g/mol. The van der Waals surface area contributed by atoms with Crippen molar-refractivity contribution in [3.63, 3.8) is 0 Å². The van der Waals surface area contributed by atoms with Crippen molar-refractivity contribution >= 4 is 23.4 Å². The van der Waals surface area contributed by atoms with Crippen molar-refractivity contribution < 1.29 is 14.3 Å². The third kappa shape index (κ3) is 5.14. The van der Waals surface area contributed by atoms with Crippen LogP contribution < -0.4 is 20.1 Å². The Hall–Kier alpha value is -2.47. The van der Waals surface area contributed by atoms with Gasteiger partial charge in [-0.1, -0.05) is 11.6 Å². The fourth-order valence-corrected chi connectivity index (χ4v) is 1.71. The van der Waals surface area contributed by atoms with E-state index in [9.17, 15) is 4.79 Å². The summed E-state index contributed by atoms with van der Waals surface area (Å²) in [6.07, 6.45) is 1.45. The largest absolute Gasteiger partial charge is 0.494 e. The molecule has 2 aromatic rings. The summed E-state index contributed by atoms with van der Waals surface area (Å²) in [6, 6.07) is 9.97. The molecule has 0 saturated carbocycles. The predicted molar refractivity (Wildman–Crippen MR) is 84.5 cm³/mol. The minimum atomic E-state index is -0.416. The molecule has 2 N–H and O–H groups in total. The van der Waals surface area contributed by atoms with Crippen molar-refractivity contribution in [1.29, 1.82) is 0 Å². The number of aromatic nitrogens is 1. The quantitative estimate of drug-likeness (QED) is 0.801. The van der Waals surface area contributed by atoms with Crippen LogP contribution >= 0.6 is 11.6 Å². The molecule has 0 fully saturated rings. The van der Waals surface area contributed by atoms with Crippen LogP contribution in [0.5, 0.6) is 11.5 Å². The van der Waals surface area contributed by atoms with Gasteiger partial charge in [0.25, 0.3) is 0 Å². The van der Waals surface area contributed by atoms with Gasteiger partial charge in [-0.2, -0.15) is 0 Å². The average Bonchev–Trinajstić information content (AvgIpc) is 2.52. The van der Waals surface area contributed by atoms with Crippen molar-refractivity contribution in [3.8, 4) is 11.5 Å². The van der Waals surface area contributed by atoms with Crippen LogP contribution in [0.25, 0.3) is 0 Å². The second-order valence-electron chi connectivity index (χ2n) is 4.19. The van der Waals surface area contributed by atoms with Gasteiger partial charge in [0.1, 0.15) is 17.3 Å². The number of anilines is 1. The number of halogens is 1. The lowest BCUT2D eigenvalue weighted by atomic mass is 10.3. The Morgan fingerprint density at radius 2 is 1.82 bits per heavy atom. The van der Waals surface area contributed by atoms with E-state index in [1.54, 1.807) is 36.4 Å². The van der Waals surface area contributed by atoms with Gasteiger partial charge >= 0.3 is 6.03 Å². The van der Waals surface area contributed by atoms with E-state index < -0.39 is 6.03 Å². The van der Waals surface area contributed by atoms with E-state index in [0.29, 0.717) is 23.2 Å². The molecule has 0 bridgehead atoms. The molecule has 1 heterocycles. The van der Waals surface area contributed by atoms with Crippen molar-refractivity contribution in [3.05, 3.63) is 47.6 Å². The lowest BCUT2D eigenvalue weighted by Crippen LogP contribution is -2.32. The van der Waals surface area contributed by atoms with Gasteiger partial charge in [0.05, 0.1) is 11.6 Å². The third-order valence-corrected chi connectivity index (χ3v) is 2.80. The predicted octanol–water partition coefficient (Wildman–Crippen LogP) is 3.29. The Balaban J connectivity index is 1.73. The second kappa shape index (κ2) is 8.09. The first-order chi connectivity index (χ1) is 10.7. The van der Waals surface area contributed by atoms with Gasteiger partial charge in [-0.25, -0.2) is 9.78 Å². The highest BCUT2D eigenvalue weighted by Crippen LogP contribution is 2.17. The molecule has 1 aromatic heterocycles. The molecule has 0 aliphatic rings. The SMILES string of the molecule is CCOc1ccc(OCNC(=O)Nc2ccc(Cl)cn2)cc1. The number of amides is 2. The maximum Gasteiger partial charge on any atom is 0.323 e. The van der Waals surface area contributed by atoms with Gasteiger partial charge in [-0.05, 0) is 43.3 Å². The van der Waals surface area contributed by atoms with Gasteiger partial charge in [0, 0.05) is 6.20 Å². The normalized spacial score (nSPS) is 9.91. The summed E-state index contributed by atoms with van der Waals surface area (Å²) in [4.78, 5) is 15.6. The first-order valence-corrected chi connectivity index (χ1v) is 7.07. The van der Waals surface area contributed by atoms with Gasteiger partial charge < -0.3 is 14.8 Å². The van der Waals surface area contributed by atoms with Gasteiger partial charge in [-0.3, -0.25) is 5.32 Å². The number of carbonyl (C=O) groups excluding carboxylic acids is 1. The number of urea groups is 1. The molecule has 0 saturated heterocycles. The number of nitrogens with zero attached hydrogens (tertiary/aromatic N) is 1. The molecular formula is C15H16ClN3O3. The molecule has 7 heteroatoms. The fraction of sp³-hybridized carbons (Fsp3) is 0.200. The molecule has 0 unspecified atom stereocenters. The number of ether oxygens (including phenoxy) is 2. The standard InChI is InChI=1S/C15H16ClN3O3/c1-2-21-12-4-6-13(7-5-12)22-10-18-15(20)19-14-8-3-11(16)9-17-14/h3-9H,2,10H2,1H3,(H2,17,18,19,20). The highest BCUT2D eigenvalue weighted by molar-refractivity contribution is 6.30. The van der Waals surface area contributed by atoms with Gasteiger partial charge in [-0.15, -0.1) is 0 Å². The van der Waals surface area contributed by atoms with Crippen LogP contribution in [-0.4, -0.2) is 24.4 Å². The molecule has 22 heavy (non-hydrogen) atoms. The first-order valence-electron chi connectivity index (χ1n) is 6.69. The molecule has 0 aliphatic heterocycles. The molecule has 0 spiro atoms. The van der Waals surface area contributed by atoms with E-state index in [1.807, 2.05) is 6.92 Å². The Bertz CT molecular complexity index is 602.